The third-order valence-corrected chi connectivity index (χ3v) is 1.30. The van der Waals surface area contributed by atoms with Gasteiger partial charge in [0.15, 0.2) is 0 Å². The first-order valence-electron chi connectivity index (χ1n) is 4.50. The second kappa shape index (κ2) is 6.80. The number of carbonyl (C=O) groups excluding carboxylic acids is 1. The molecule has 0 radical (unpaired) electrons. The number of alkyl halides is 2. The molecule has 13 heavy (non-hydrogen) atoms. The van der Waals surface area contributed by atoms with E-state index in [1.807, 2.05) is 13.8 Å². The van der Waals surface area contributed by atoms with Gasteiger partial charge in [0.05, 0.1) is 6.54 Å². The molecule has 0 fully saturated rings. The highest BCUT2D eigenvalue weighted by Gasteiger charge is 2.25. The summed E-state index contributed by atoms with van der Waals surface area (Å²) in [5.41, 5.74) is 0. The van der Waals surface area contributed by atoms with E-state index in [9.17, 15) is 13.6 Å². The van der Waals surface area contributed by atoms with Crippen LogP contribution < -0.4 is 0 Å². The highest BCUT2D eigenvalue weighted by molar-refractivity contribution is 5.73. The Kier molecular flexibility index (Phi) is 7.76. The number of nitrogens with zero attached hydrogens (tertiary/aromatic N) is 1. The highest BCUT2D eigenvalue weighted by Crippen LogP contribution is 2.13. The molecule has 0 aliphatic heterocycles. The molecular formula is C9H19F2NO. The van der Waals surface area contributed by atoms with E-state index in [0.717, 1.165) is 11.8 Å². The van der Waals surface area contributed by atoms with Crippen molar-refractivity contribution in [1.82, 2.24) is 4.90 Å². The van der Waals surface area contributed by atoms with Gasteiger partial charge in [0.25, 0.3) is 5.92 Å². The molecule has 0 aromatic carbocycles. The monoisotopic (exact) mass is 195 g/mol. The van der Waals surface area contributed by atoms with Crippen molar-refractivity contribution in [3.63, 3.8) is 0 Å². The van der Waals surface area contributed by atoms with Gasteiger partial charge in [-0.15, -0.1) is 0 Å². The van der Waals surface area contributed by atoms with Crippen LogP contribution in [-0.2, 0) is 4.79 Å². The van der Waals surface area contributed by atoms with E-state index < -0.39 is 12.5 Å². The van der Waals surface area contributed by atoms with Gasteiger partial charge in [0, 0.05) is 20.4 Å². The summed E-state index contributed by atoms with van der Waals surface area (Å²) >= 11 is 0. The highest BCUT2D eigenvalue weighted by atomic mass is 19.3. The first-order chi connectivity index (χ1) is 5.87. The number of rotatable bonds is 3. The summed E-state index contributed by atoms with van der Waals surface area (Å²) in [5.74, 6) is -3.10. The summed E-state index contributed by atoms with van der Waals surface area (Å²) in [4.78, 5) is 11.8. The minimum atomic E-state index is -2.79. The molecule has 0 unspecified atom stereocenters. The Balaban J connectivity index is 0. The lowest BCUT2D eigenvalue weighted by atomic mass is 10.3. The molecule has 4 heteroatoms. The van der Waals surface area contributed by atoms with Crippen LogP contribution >= 0.6 is 0 Å². The molecule has 1 amide bonds. The van der Waals surface area contributed by atoms with E-state index in [2.05, 4.69) is 0 Å². The maximum absolute atomic E-state index is 12.3. The van der Waals surface area contributed by atoms with E-state index in [-0.39, 0.29) is 5.91 Å². The normalized spacial score (nSPS) is 10.1. The van der Waals surface area contributed by atoms with Crippen molar-refractivity contribution in [1.29, 1.82) is 0 Å². The Labute approximate surface area is 78.9 Å². The molecule has 80 valence electrons. The largest absolute Gasteiger partial charge is 0.337 e. The van der Waals surface area contributed by atoms with Crippen LogP contribution in [-0.4, -0.2) is 29.8 Å². The first-order valence-corrected chi connectivity index (χ1v) is 4.50. The Morgan fingerprint density at radius 1 is 1.38 bits per heavy atom. The zero-order valence-electron chi connectivity index (χ0n) is 9.03. The fourth-order valence-corrected chi connectivity index (χ4v) is 0.781. The number of amides is 1. The minimum Gasteiger partial charge on any atom is -0.337 e. The van der Waals surface area contributed by atoms with Crippen molar-refractivity contribution in [2.45, 2.75) is 40.5 Å². The predicted octanol–water partition coefficient (Wildman–Crippen LogP) is 2.54. The van der Waals surface area contributed by atoms with E-state index >= 15 is 0 Å². The van der Waals surface area contributed by atoms with Crippen molar-refractivity contribution in [3.8, 4) is 0 Å². The van der Waals surface area contributed by atoms with Crippen LogP contribution in [0.4, 0.5) is 8.78 Å². The molecule has 0 aliphatic rings. The Morgan fingerprint density at radius 2 is 1.77 bits per heavy atom. The van der Waals surface area contributed by atoms with Crippen molar-refractivity contribution in [2.24, 2.45) is 0 Å². The zero-order valence-corrected chi connectivity index (χ0v) is 9.03. The van der Waals surface area contributed by atoms with E-state index in [1.165, 1.54) is 6.92 Å². The zero-order chi connectivity index (χ0) is 11.1. The number of hydrogen-bond donors (Lipinski definition) is 0. The summed E-state index contributed by atoms with van der Waals surface area (Å²) in [5, 5.41) is 0. The van der Waals surface area contributed by atoms with Crippen LogP contribution in [0.3, 0.4) is 0 Å². The third kappa shape index (κ3) is 9.24. The molecule has 0 bridgehead atoms. The molecule has 0 saturated heterocycles. The van der Waals surface area contributed by atoms with Crippen molar-refractivity contribution in [3.05, 3.63) is 0 Å². The molecule has 0 rings (SSSR count). The summed E-state index contributed by atoms with van der Waals surface area (Å²) in [6.07, 6.45) is 0. The smallest absolute Gasteiger partial charge is 0.262 e. The van der Waals surface area contributed by atoms with Gasteiger partial charge >= 0.3 is 0 Å². The Bertz CT molecular complexity index is 143. The Hall–Kier alpha value is -0.670. The lowest BCUT2D eigenvalue weighted by molar-refractivity contribution is -0.133. The molecule has 0 aliphatic carbocycles. The SMILES string of the molecule is CC.CCN(CC(C)(F)F)C(C)=O. The molecule has 0 atom stereocenters. The molecule has 2 nitrogen and oxygen atoms in total. The van der Waals surface area contributed by atoms with Gasteiger partial charge in [-0.3, -0.25) is 4.79 Å². The van der Waals surface area contributed by atoms with Gasteiger partial charge in [-0.25, -0.2) is 8.78 Å². The average molecular weight is 195 g/mol. The fourth-order valence-electron chi connectivity index (χ4n) is 0.781. The minimum absolute atomic E-state index is 0.311. The molecule has 0 heterocycles. The van der Waals surface area contributed by atoms with Crippen LogP contribution in [0.2, 0.25) is 0 Å². The summed E-state index contributed by atoms with van der Waals surface area (Å²) in [6, 6.07) is 0. The summed E-state index contributed by atoms with van der Waals surface area (Å²) < 4.78 is 24.7. The second-order valence-electron chi connectivity index (χ2n) is 2.60. The van der Waals surface area contributed by atoms with Crippen LogP contribution in [0, 0.1) is 0 Å². The van der Waals surface area contributed by atoms with E-state index in [1.54, 1.807) is 6.92 Å². The van der Waals surface area contributed by atoms with Gasteiger partial charge in [0.2, 0.25) is 5.91 Å². The number of carbonyl (C=O) groups is 1. The number of hydrogen-bond acceptors (Lipinski definition) is 1. The molecule has 0 saturated carbocycles. The molecular weight excluding hydrogens is 176 g/mol. The maximum Gasteiger partial charge on any atom is 0.262 e. The topological polar surface area (TPSA) is 20.3 Å². The van der Waals surface area contributed by atoms with Gasteiger partial charge in [-0.05, 0) is 6.92 Å². The predicted molar refractivity (Wildman–Crippen MR) is 49.9 cm³/mol. The molecule has 0 spiro atoms. The second-order valence-corrected chi connectivity index (χ2v) is 2.60. The van der Waals surface area contributed by atoms with Gasteiger partial charge in [0.1, 0.15) is 0 Å². The standard InChI is InChI=1S/C7H13F2NO.C2H6/c1-4-10(6(2)11)5-7(3,8)9;1-2/h4-5H2,1-3H3;1-2H3. The van der Waals surface area contributed by atoms with Gasteiger partial charge in [-0.1, -0.05) is 13.8 Å². The van der Waals surface area contributed by atoms with Crippen LogP contribution in [0.15, 0.2) is 0 Å². The quantitative estimate of drug-likeness (QED) is 0.677. The lowest BCUT2D eigenvalue weighted by Gasteiger charge is -2.22. The van der Waals surface area contributed by atoms with Crippen LogP contribution in [0.1, 0.15) is 34.6 Å². The van der Waals surface area contributed by atoms with Gasteiger partial charge < -0.3 is 4.90 Å². The third-order valence-electron chi connectivity index (χ3n) is 1.30. The van der Waals surface area contributed by atoms with Crippen LogP contribution in [0.5, 0.6) is 0 Å². The summed E-state index contributed by atoms with van der Waals surface area (Å²) in [7, 11) is 0. The first kappa shape index (κ1) is 14.8. The van der Waals surface area contributed by atoms with Gasteiger partial charge in [-0.2, -0.15) is 0 Å². The average Bonchev–Trinajstić information content (AvgIpc) is 2.02. The van der Waals surface area contributed by atoms with Crippen molar-refractivity contribution >= 4 is 5.91 Å². The maximum atomic E-state index is 12.3. The molecule has 0 N–H and O–H groups in total. The fraction of sp³-hybridized carbons (Fsp3) is 0.889. The lowest BCUT2D eigenvalue weighted by Crippen LogP contribution is -2.37. The van der Waals surface area contributed by atoms with E-state index in [4.69, 9.17) is 0 Å². The van der Waals surface area contributed by atoms with Crippen molar-refractivity contribution in [2.75, 3.05) is 13.1 Å². The number of halogens is 2. The van der Waals surface area contributed by atoms with Crippen molar-refractivity contribution < 1.29 is 13.6 Å². The van der Waals surface area contributed by atoms with E-state index in [0.29, 0.717) is 6.54 Å². The summed E-state index contributed by atoms with van der Waals surface area (Å²) in [6.45, 7) is 7.61. The molecule has 0 aromatic heterocycles. The Morgan fingerprint density at radius 3 is 1.85 bits per heavy atom. The van der Waals surface area contributed by atoms with Crippen LogP contribution in [0.25, 0.3) is 0 Å². The molecule has 0 aromatic rings.